The monoisotopic (exact) mass is 435 g/mol. The Morgan fingerprint density at radius 2 is 1.86 bits per heavy atom. The van der Waals surface area contributed by atoms with Gasteiger partial charge in [0.25, 0.3) is 0 Å². The Labute approximate surface area is 172 Å². The Kier molecular flexibility index (Phi) is 6.30. The van der Waals surface area contributed by atoms with Gasteiger partial charge < -0.3 is 4.74 Å². The van der Waals surface area contributed by atoms with Gasteiger partial charge in [0.15, 0.2) is 9.84 Å². The van der Waals surface area contributed by atoms with Crippen LogP contribution in [0.15, 0.2) is 78.3 Å². The lowest BCUT2D eigenvalue weighted by molar-refractivity contribution is 0.356. The molecule has 0 aliphatic heterocycles. The first-order chi connectivity index (χ1) is 13.8. The zero-order valence-electron chi connectivity index (χ0n) is 15.1. The van der Waals surface area contributed by atoms with Crippen LogP contribution in [-0.2, 0) is 9.84 Å². The van der Waals surface area contributed by atoms with Gasteiger partial charge >= 0.3 is 0 Å². The molecule has 0 saturated carbocycles. The van der Waals surface area contributed by atoms with E-state index in [1.807, 2.05) is 0 Å². The summed E-state index contributed by atoms with van der Waals surface area (Å²) in [6, 6.07) is 11.1. The molecule has 3 rings (SSSR count). The highest BCUT2D eigenvalue weighted by Crippen LogP contribution is 2.39. The van der Waals surface area contributed by atoms with E-state index in [9.17, 15) is 17.2 Å². The highest BCUT2D eigenvalue weighted by Gasteiger charge is 2.36. The van der Waals surface area contributed by atoms with Gasteiger partial charge in [-0.3, -0.25) is 4.98 Å². The van der Waals surface area contributed by atoms with E-state index in [1.165, 1.54) is 42.6 Å². The zero-order chi connectivity index (χ0) is 21.0. The first kappa shape index (κ1) is 21.0. The number of pyridine rings is 1. The number of hydrogen-bond donors (Lipinski definition) is 0. The topological polar surface area (TPSA) is 56.3 Å². The summed E-state index contributed by atoms with van der Waals surface area (Å²) in [6.07, 6.45) is 2.83. The Bertz CT molecular complexity index is 1130. The van der Waals surface area contributed by atoms with E-state index < -0.39 is 26.7 Å². The van der Waals surface area contributed by atoms with Crippen LogP contribution in [0.1, 0.15) is 16.5 Å². The van der Waals surface area contributed by atoms with E-state index in [-0.39, 0.29) is 28.5 Å². The van der Waals surface area contributed by atoms with Crippen molar-refractivity contribution < 1.29 is 21.9 Å². The smallest absolute Gasteiger partial charge is 0.191 e. The van der Waals surface area contributed by atoms with Crippen molar-refractivity contribution in [3.8, 4) is 5.75 Å². The molecule has 0 fully saturated rings. The summed E-state index contributed by atoms with van der Waals surface area (Å²) in [5.41, 5.74) is -0.434. The number of halogens is 3. The summed E-state index contributed by atoms with van der Waals surface area (Å²) in [6.45, 7) is 3.63. The second kappa shape index (κ2) is 8.71. The van der Waals surface area contributed by atoms with Crippen molar-refractivity contribution in [3.05, 3.63) is 101 Å². The van der Waals surface area contributed by atoms with Crippen molar-refractivity contribution in [1.82, 2.24) is 4.98 Å². The summed E-state index contributed by atoms with van der Waals surface area (Å²) < 4.78 is 61.1. The summed E-state index contributed by atoms with van der Waals surface area (Å²) in [5, 5.41) is -1.30. The average molecular weight is 436 g/mol. The number of nitrogens with zero attached hydrogens (tertiary/aromatic N) is 1. The van der Waals surface area contributed by atoms with Crippen molar-refractivity contribution in [2.24, 2.45) is 0 Å². The fourth-order valence-corrected chi connectivity index (χ4v) is 4.71. The molecule has 3 aromatic rings. The van der Waals surface area contributed by atoms with E-state index >= 15 is 0 Å². The Balaban J connectivity index is 2.28. The molecule has 0 aliphatic rings. The molecule has 0 saturated heterocycles. The first-order valence-electron chi connectivity index (χ1n) is 8.47. The molecule has 1 aromatic heterocycles. The third kappa shape index (κ3) is 4.46. The molecule has 0 bridgehead atoms. The molecule has 0 spiro atoms. The highest BCUT2D eigenvalue weighted by atomic mass is 35.5. The predicted molar refractivity (Wildman–Crippen MR) is 107 cm³/mol. The van der Waals surface area contributed by atoms with Gasteiger partial charge in [-0.05, 0) is 54.6 Å². The molecule has 4 nitrogen and oxygen atoms in total. The van der Waals surface area contributed by atoms with Crippen LogP contribution in [-0.4, -0.2) is 20.0 Å². The van der Waals surface area contributed by atoms with E-state index in [1.54, 1.807) is 6.07 Å². The minimum atomic E-state index is -4.24. The molecule has 1 atom stereocenters. The fourth-order valence-electron chi connectivity index (χ4n) is 2.81. The van der Waals surface area contributed by atoms with Crippen molar-refractivity contribution in [2.45, 2.75) is 10.1 Å². The maximum Gasteiger partial charge on any atom is 0.191 e. The van der Waals surface area contributed by atoms with Gasteiger partial charge in [0.1, 0.15) is 34.9 Å². The Morgan fingerprint density at radius 3 is 2.55 bits per heavy atom. The highest BCUT2D eigenvalue weighted by molar-refractivity contribution is 7.91. The second-order valence-electron chi connectivity index (χ2n) is 6.03. The molecule has 2 aromatic carbocycles. The van der Waals surface area contributed by atoms with Gasteiger partial charge in [-0.25, -0.2) is 17.2 Å². The van der Waals surface area contributed by atoms with Crippen LogP contribution in [0.4, 0.5) is 8.78 Å². The normalized spacial score (nSPS) is 12.4. The quantitative estimate of drug-likeness (QED) is 0.482. The van der Waals surface area contributed by atoms with Gasteiger partial charge in [0.2, 0.25) is 0 Å². The lowest BCUT2D eigenvalue weighted by Crippen LogP contribution is -2.19. The minimum absolute atomic E-state index is 0.0613. The third-order valence-corrected chi connectivity index (χ3v) is 6.38. The molecule has 150 valence electrons. The van der Waals surface area contributed by atoms with E-state index in [0.717, 1.165) is 18.2 Å². The minimum Gasteiger partial charge on any atom is -0.488 e. The van der Waals surface area contributed by atoms with Crippen molar-refractivity contribution in [2.75, 3.05) is 6.61 Å². The van der Waals surface area contributed by atoms with Gasteiger partial charge in [-0.15, -0.1) is 0 Å². The summed E-state index contributed by atoms with van der Waals surface area (Å²) in [5.74, 6) is -1.53. The van der Waals surface area contributed by atoms with Crippen LogP contribution in [0.2, 0.25) is 5.02 Å². The van der Waals surface area contributed by atoms with E-state index in [4.69, 9.17) is 16.3 Å². The van der Waals surface area contributed by atoms with E-state index in [2.05, 4.69) is 11.6 Å². The number of aromatic nitrogens is 1. The molecule has 0 aliphatic carbocycles. The molecule has 1 unspecified atom stereocenters. The van der Waals surface area contributed by atoms with Gasteiger partial charge in [0.05, 0.1) is 4.90 Å². The van der Waals surface area contributed by atoms with Gasteiger partial charge in [-0.1, -0.05) is 24.3 Å². The Morgan fingerprint density at radius 1 is 1.14 bits per heavy atom. The molecule has 29 heavy (non-hydrogen) atoms. The third-order valence-electron chi connectivity index (χ3n) is 4.10. The van der Waals surface area contributed by atoms with Crippen molar-refractivity contribution >= 4 is 21.4 Å². The molecule has 8 heteroatoms. The van der Waals surface area contributed by atoms with Crippen molar-refractivity contribution in [1.29, 1.82) is 0 Å². The first-order valence-corrected chi connectivity index (χ1v) is 10.4. The Hall–Kier alpha value is -2.77. The van der Waals surface area contributed by atoms with Crippen molar-refractivity contribution in [3.63, 3.8) is 0 Å². The number of hydrogen-bond acceptors (Lipinski definition) is 4. The predicted octanol–water partition coefficient (Wildman–Crippen LogP) is 5.14. The zero-order valence-corrected chi connectivity index (χ0v) is 16.6. The molecule has 0 radical (unpaired) electrons. The number of sulfone groups is 1. The number of rotatable bonds is 7. The summed E-state index contributed by atoms with van der Waals surface area (Å²) >= 11 is 5.86. The maximum atomic E-state index is 14.7. The lowest BCUT2D eigenvalue weighted by Gasteiger charge is -2.21. The molecular weight excluding hydrogens is 420 g/mol. The SMILES string of the molecule is C=CCOc1cccnc1C(c1cc(F)ccc1F)S(=O)(=O)c1ccc(Cl)cc1. The second-order valence-corrected chi connectivity index (χ2v) is 8.50. The molecule has 0 amide bonds. The summed E-state index contributed by atoms with van der Waals surface area (Å²) in [7, 11) is -4.24. The van der Waals surface area contributed by atoms with E-state index in [0.29, 0.717) is 5.02 Å². The van der Waals surface area contributed by atoms with Crippen LogP contribution in [0.3, 0.4) is 0 Å². The average Bonchev–Trinajstić information content (AvgIpc) is 2.70. The van der Waals surface area contributed by atoms with Gasteiger partial charge in [0, 0.05) is 16.8 Å². The standard InChI is InChI=1S/C21H16ClF2NO3S/c1-2-12-28-19-4-3-11-25-20(19)21(17-13-15(23)7-10-18(17)24)29(26,27)16-8-5-14(22)6-9-16/h2-11,13,21H,1,12H2. The fraction of sp³-hybridized carbons (Fsp3) is 0.0952. The lowest BCUT2D eigenvalue weighted by atomic mass is 10.1. The van der Waals surface area contributed by atoms with Crippen LogP contribution < -0.4 is 4.74 Å². The van der Waals surface area contributed by atoms with Crippen LogP contribution in [0.25, 0.3) is 0 Å². The van der Waals surface area contributed by atoms with Gasteiger partial charge in [-0.2, -0.15) is 0 Å². The molecule has 1 heterocycles. The molecule has 0 N–H and O–H groups in total. The van der Waals surface area contributed by atoms with Crippen LogP contribution in [0.5, 0.6) is 5.75 Å². The van der Waals surface area contributed by atoms with Crippen LogP contribution >= 0.6 is 11.6 Å². The maximum absolute atomic E-state index is 14.7. The largest absolute Gasteiger partial charge is 0.488 e. The summed E-state index contributed by atoms with van der Waals surface area (Å²) in [4.78, 5) is 4.02. The molecular formula is C21H16ClF2NO3S. The number of benzene rings is 2. The van der Waals surface area contributed by atoms with Crippen LogP contribution in [0, 0.1) is 11.6 Å². The number of ether oxygens (including phenoxy) is 1.